The molecule has 4 amide bonds. The third-order valence-electron chi connectivity index (χ3n) is 3.78. The smallest absolute Gasteiger partial charge is 0.335 e. The van der Waals surface area contributed by atoms with Gasteiger partial charge in [0.1, 0.15) is 5.57 Å². The van der Waals surface area contributed by atoms with E-state index in [0.717, 1.165) is 9.37 Å². The van der Waals surface area contributed by atoms with E-state index >= 15 is 0 Å². The van der Waals surface area contributed by atoms with Crippen LogP contribution >= 0.6 is 15.9 Å². The summed E-state index contributed by atoms with van der Waals surface area (Å²) in [4.78, 5) is 38.0. The number of imide groups is 2. The molecular weight excluding hydrogens is 416 g/mol. The van der Waals surface area contributed by atoms with Gasteiger partial charge in [-0.15, -0.1) is 0 Å². The molecule has 0 radical (unpaired) electrons. The maximum absolute atomic E-state index is 12.8. The van der Waals surface area contributed by atoms with Crippen molar-refractivity contribution in [3.8, 4) is 11.5 Å². The van der Waals surface area contributed by atoms with Crippen molar-refractivity contribution in [2.75, 3.05) is 11.5 Å². The topological polar surface area (TPSA) is 95.9 Å². The molecule has 0 aliphatic carbocycles. The first kappa shape index (κ1) is 18.7. The molecule has 1 saturated heterocycles. The molecule has 1 fully saturated rings. The summed E-state index contributed by atoms with van der Waals surface area (Å²) < 4.78 is 6.09. The van der Waals surface area contributed by atoms with Crippen molar-refractivity contribution in [3.05, 3.63) is 58.1 Å². The van der Waals surface area contributed by atoms with Gasteiger partial charge in [-0.25, -0.2) is 9.69 Å². The van der Waals surface area contributed by atoms with Crippen LogP contribution in [-0.2, 0) is 9.59 Å². The summed E-state index contributed by atoms with van der Waals surface area (Å²) in [6, 6.07) is 10.2. The van der Waals surface area contributed by atoms with Gasteiger partial charge in [0, 0.05) is 4.47 Å². The van der Waals surface area contributed by atoms with Crippen LogP contribution in [0, 0.1) is 0 Å². The second-order valence-corrected chi connectivity index (χ2v) is 6.51. The van der Waals surface area contributed by atoms with Crippen molar-refractivity contribution < 1.29 is 24.2 Å². The number of amides is 4. The number of ether oxygens (including phenoxy) is 1. The Morgan fingerprint density at radius 1 is 1.15 bits per heavy atom. The van der Waals surface area contributed by atoms with Crippen LogP contribution in [0.4, 0.5) is 10.5 Å². The minimum atomic E-state index is -0.815. The number of nitrogens with one attached hydrogen (secondary N) is 1. The van der Waals surface area contributed by atoms with Gasteiger partial charge in [0.25, 0.3) is 11.8 Å². The molecule has 1 heterocycles. The van der Waals surface area contributed by atoms with Crippen LogP contribution in [0.3, 0.4) is 0 Å². The number of hydrogen-bond acceptors (Lipinski definition) is 5. The monoisotopic (exact) mass is 430 g/mol. The lowest BCUT2D eigenvalue weighted by atomic mass is 10.1. The fourth-order valence-corrected chi connectivity index (χ4v) is 2.80. The number of rotatable bonds is 4. The Morgan fingerprint density at radius 2 is 1.85 bits per heavy atom. The van der Waals surface area contributed by atoms with Crippen LogP contribution in [0.25, 0.3) is 6.08 Å². The number of anilines is 1. The molecule has 7 nitrogen and oxygen atoms in total. The van der Waals surface area contributed by atoms with E-state index in [1.165, 1.54) is 24.3 Å². The highest BCUT2D eigenvalue weighted by Crippen LogP contribution is 2.29. The number of halogens is 1. The quantitative estimate of drug-likeness (QED) is 0.573. The lowest BCUT2D eigenvalue weighted by molar-refractivity contribution is -0.122. The van der Waals surface area contributed by atoms with Gasteiger partial charge >= 0.3 is 6.03 Å². The molecule has 3 rings (SSSR count). The van der Waals surface area contributed by atoms with Gasteiger partial charge in [-0.3, -0.25) is 14.9 Å². The number of aromatic hydroxyl groups is 1. The Labute approximate surface area is 163 Å². The number of benzene rings is 2. The van der Waals surface area contributed by atoms with Crippen LogP contribution in [0.15, 0.2) is 52.5 Å². The van der Waals surface area contributed by atoms with Crippen LogP contribution in [0.2, 0.25) is 0 Å². The van der Waals surface area contributed by atoms with Gasteiger partial charge < -0.3 is 9.84 Å². The summed E-state index contributed by atoms with van der Waals surface area (Å²) >= 11 is 3.29. The van der Waals surface area contributed by atoms with Crippen LogP contribution < -0.4 is 15.0 Å². The second-order valence-electron chi connectivity index (χ2n) is 5.59. The summed E-state index contributed by atoms with van der Waals surface area (Å²) in [7, 11) is 0. The third kappa shape index (κ3) is 3.85. The van der Waals surface area contributed by atoms with Crippen LogP contribution in [0.1, 0.15) is 12.5 Å². The largest absolute Gasteiger partial charge is 0.504 e. The number of phenolic OH excluding ortho intramolecular Hbond substituents is 1. The summed E-state index contributed by atoms with van der Waals surface area (Å²) in [6.45, 7) is 2.11. The van der Waals surface area contributed by atoms with E-state index in [2.05, 4.69) is 21.2 Å². The predicted molar refractivity (Wildman–Crippen MR) is 102 cm³/mol. The molecule has 138 valence electrons. The Bertz CT molecular complexity index is 953. The molecule has 2 aromatic rings. The average Bonchev–Trinajstić information content (AvgIpc) is 2.63. The fourth-order valence-electron chi connectivity index (χ4n) is 2.54. The molecule has 0 bridgehead atoms. The standard InChI is InChI=1S/C19H15BrN2O5/c1-2-27-16-10-11(3-8-15(16)23)9-14-17(24)21-19(26)22(18(14)25)13-6-4-12(20)5-7-13/h3-10,23H,2H2,1H3,(H,21,24,26)/b14-9-. The zero-order valence-electron chi connectivity index (χ0n) is 14.2. The molecule has 0 saturated carbocycles. The first-order chi connectivity index (χ1) is 12.9. The molecule has 1 aliphatic rings. The Balaban J connectivity index is 1.99. The Morgan fingerprint density at radius 3 is 2.52 bits per heavy atom. The SMILES string of the molecule is CCOc1cc(/C=C2/C(=O)NC(=O)N(c3ccc(Br)cc3)C2=O)ccc1O. The van der Waals surface area contributed by atoms with E-state index in [-0.39, 0.29) is 17.1 Å². The van der Waals surface area contributed by atoms with Crippen LogP contribution in [-0.4, -0.2) is 29.6 Å². The average molecular weight is 431 g/mol. The lowest BCUT2D eigenvalue weighted by Crippen LogP contribution is -2.54. The van der Waals surface area contributed by atoms with Crippen molar-refractivity contribution in [1.29, 1.82) is 0 Å². The van der Waals surface area contributed by atoms with Crippen molar-refractivity contribution in [1.82, 2.24) is 5.32 Å². The summed E-state index contributed by atoms with van der Waals surface area (Å²) in [5, 5.41) is 11.9. The predicted octanol–water partition coefficient (Wildman–Crippen LogP) is 3.22. The molecule has 0 unspecified atom stereocenters. The van der Waals surface area contributed by atoms with Gasteiger partial charge in [-0.05, 0) is 55.0 Å². The minimum absolute atomic E-state index is 0.0508. The van der Waals surface area contributed by atoms with Crippen molar-refractivity contribution in [2.24, 2.45) is 0 Å². The van der Waals surface area contributed by atoms with Crippen LogP contribution in [0.5, 0.6) is 11.5 Å². The lowest BCUT2D eigenvalue weighted by Gasteiger charge is -2.26. The zero-order chi connectivity index (χ0) is 19.6. The first-order valence-electron chi connectivity index (χ1n) is 8.03. The van der Waals surface area contributed by atoms with Crippen molar-refractivity contribution in [2.45, 2.75) is 6.92 Å². The highest BCUT2D eigenvalue weighted by molar-refractivity contribution is 9.10. The molecule has 2 N–H and O–H groups in total. The van der Waals surface area contributed by atoms with Gasteiger partial charge in [0.05, 0.1) is 12.3 Å². The Kier molecular flexibility index (Phi) is 5.27. The van der Waals surface area contributed by atoms with Gasteiger partial charge in [-0.2, -0.15) is 0 Å². The van der Waals surface area contributed by atoms with E-state index < -0.39 is 17.8 Å². The molecule has 0 aromatic heterocycles. The summed E-state index contributed by atoms with van der Waals surface area (Å²) in [5.41, 5.74) is 0.602. The molecule has 27 heavy (non-hydrogen) atoms. The number of phenols is 1. The van der Waals surface area contributed by atoms with Crippen molar-refractivity contribution in [3.63, 3.8) is 0 Å². The van der Waals surface area contributed by atoms with E-state index in [1.54, 1.807) is 31.2 Å². The summed E-state index contributed by atoms with van der Waals surface area (Å²) in [5.74, 6) is -1.34. The van der Waals surface area contributed by atoms with E-state index in [4.69, 9.17) is 4.74 Å². The van der Waals surface area contributed by atoms with E-state index in [1.807, 2.05) is 0 Å². The van der Waals surface area contributed by atoms with E-state index in [9.17, 15) is 19.5 Å². The summed E-state index contributed by atoms with van der Waals surface area (Å²) in [6.07, 6.45) is 1.35. The zero-order valence-corrected chi connectivity index (χ0v) is 15.8. The number of barbiturate groups is 1. The molecular formula is C19H15BrN2O5. The van der Waals surface area contributed by atoms with E-state index in [0.29, 0.717) is 17.9 Å². The van der Waals surface area contributed by atoms with Gasteiger partial charge in [-0.1, -0.05) is 22.0 Å². The normalized spacial score (nSPS) is 15.9. The number of nitrogens with zero attached hydrogens (tertiary/aromatic N) is 1. The Hall–Kier alpha value is -3.13. The molecule has 2 aromatic carbocycles. The van der Waals surface area contributed by atoms with Gasteiger partial charge in [0.2, 0.25) is 0 Å². The second kappa shape index (κ2) is 7.63. The molecule has 8 heteroatoms. The fraction of sp³-hybridized carbons (Fsp3) is 0.105. The number of carbonyl (C=O) groups is 3. The highest BCUT2D eigenvalue weighted by atomic mass is 79.9. The first-order valence-corrected chi connectivity index (χ1v) is 8.83. The number of hydrogen-bond donors (Lipinski definition) is 2. The number of carbonyl (C=O) groups excluding carboxylic acids is 3. The third-order valence-corrected chi connectivity index (χ3v) is 4.31. The maximum Gasteiger partial charge on any atom is 0.335 e. The molecule has 0 spiro atoms. The maximum atomic E-state index is 12.8. The van der Waals surface area contributed by atoms with Crippen molar-refractivity contribution >= 4 is 45.5 Å². The number of urea groups is 1. The molecule has 0 atom stereocenters. The van der Waals surface area contributed by atoms with Gasteiger partial charge in [0.15, 0.2) is 11.5 Å². The highest BCUT2D eigenvalue weighted by Gasteiger charge is 2.36. The molecule has 1 aliphatic heterocycles. The minimum Gasteiger partial charge on any atom is -0.504 e.